The Kier molecular flexibility index (Phi) is 4.82. The van der Waals surface area contributed by atoms with Crippen LogP contribution in [0.3, 0.4) is 0 Å². The molecule has 0 saturated carbocycles. The van der Waals surface area contributed by atoms with Crippen molar-refractivity contribution in [2.75, 3.05) is 18.5 Å². The highest BCUT2D eigenvalue weighted by Crippen LogP contribution is 2.30. The lowest BCUT2D eigenvalue weighted by Crippen LogP contribution is -2.54. The predicted octanol–water partition coefficient (Wildman–Crippen LogP) is 2.45. The predicted molar refractivity (Wildman–Crippen MR) is 96.9 cm³/mol. The minimum absolute atomic E-state index is 0.0285. The van der Waals surface area contributed by atoms with Crippen LogP contribution in [0, 0.1) is 0 Å². The zero-order valence-corrected chi connectivity index (χ0v) is 15.3. The molecular weight excluding hydrogens is 358 g/mol. The number of rotatable bonds is 4. The zero-order valence-electron chi connectivity index (χ0n) is 13.7. The van der Waals surface area contributed by atoms with Crippen LogP contribution in [-0.2, 0) is 33.7 Å². The second-order valence-electron chi connectivity index (χ2n) is 6.22. The van der Waals surface area contributed by atoms with Gasteiger partial charge in [0.05, 0.1) is 18.8 Å². The summed E-state index contributed by atoms with van der Waals surface area (Å²) in [5.74, 6) is -0.381. The number of morpholine rings is 1. The summed E-state index contributed by atoms with van der Waals surface area (Å²) >= 11 is 3.13. The molecule has 132 valence electrons. The van der Waals surface area contributed by atoms with Gasteiger partial charge in [-0.25, -0.2) is 4.98 Å². The smallest absolute Gasteiger partial charge is 0.251 e. The van der Waals surface area contributed by atoms with Crippen LogP contribution in [-0.4, -0.2) is 41.0 Å². The molecule has 3 heterocycles. The molecule has 4 rings (SSSR count). The Morgan fingerprint density at radius 3 is 3.08 bits per heavy atom. The first kappa shape index (κ1) is 16.7. The fraction of sp³-hybridized carbons (Fsp3) is 0.471. The van der Waals surface area contributed by atoms with Crippen LogP contribution >= 0.6 is 22.7 Å². The fourth-order valence-electron chi connectivity index (χ4n) is 3.18. The summed E-state index contributed by atoms with van der Waals surface area (Å²) in [6, 6.07) is 3.29. The molecule has 1 aliphatic heterocycles. The molecule has 1 N–H and O–H groups in total. The minimum atomic E-state index is -0.621. The van der Waals surface area contributed by atoms with Crippen LogP contribution in [0.2, 0.25) is 0 Å². The van der Waals surface area contributed by atoms with Gasteiger partial charge in [-0.15, -0.1) is 22.7 Å². The Hall–Kier alpha value is -1.77. The largest absolute Gasteiger partial charge is 0.369 e. The molecule has 0 unspecified atom stereocenters. The van der Waals surface area contributed by atoms with Crippen molar-refractivity contribution in [3.8, 4) is 0 Å². The van der Waals surface area contributed by atoms with Crippen molar-refractivity contribution in [1.29, 1.82) is 0 Å². The number of aryl methyl sites for hydroxylation is 2. The van der Waals surface area contributed by atoms with Gasteiger partial charge < -0.3 is 15.0 Å². The molecule has 8 heteroatoms. The Bertz CT molecular complexity index is 749. The fourth-order valence-corrected chi connectivity index (χ4v) is 4.94. The van der Waals surface area contributed by atoms with E-state index in [0.717, 1.165) is 29.8 Å². The van der Waals surface area contributed by atoms with E-state index in [1.807, 2.05) is 17.5 Å². The number of nitrogens with one attached hydrogen (secondary N) is 1. The highest BCUT2D eigenvalue weighted by molar-refractivity contribution is 7.15. The monoisotopic (exact) mass is 377 g/mol. The lowest BCUT2D eigenvalue weighted by molar-refractivity contribution is -0.153. The number of ether oxygens (including phenoxy) is 1. The summed E-state index contributed by atoms with van der Waals surface area (Å²) in [6.45, 7) is 0.682. The third-order valence-electron chi connectivity index (χ3n) is 4.48. The van der Waals surface area contributed by atoms with Crippen molar-refractivity contribution in [2.24, 2.45) is 0 Å². The zero-order chi connectivity index (χ0) is 17.2. The molecule has 0 aromatic carbocycles. The molecule has 1 atom stereocenters. The summed E-state index contributed by atoms with van der Waals surface area (Å²) in [5, 5.41) is 5.50. The van der Waals surface area contributed by atoms with Gasteiger partial charge in [-0.05, 0) is 37.1 Å². The number of hydrogen-bond donors (Lipinski definition) is 1. The van der Waals surface area contributed by atoms with E-state index in [9.17, 15) is 9.59 Å². The number of aromatic nitrogens is 1. The highest BCUT2D eigenvalue weighted by atomic mass is 32.1. The van der Waals surface area contributed by atoms with Gasteiger partial charge in [-0.1, -0.05) is 6.07 Å². The summed E-state index contributed by atoms with van der Waals surface area (Å²) in [5.41, 5.74) is 1.11. The number of hydrogen-bond acceptors (Lipinski definition) is 6. The summed E-state index contributed by atoms with van der Waals surface area (Å²) in [4.78, 5) is 33.5. The van der Waals surface area contributed by atoms with E-state index in [1.54, 1.807) is 27.6 Å². The summed E-state index contributed by atoms with van der Waals surface area (Å²) in [7, 11) is 0. The van der Waals surface area contributed by atoms with Crippen molar-refractivity contribution in [2.45, 2.75) is 38.3 Å². The van der Waals surface area contributed by atoms with Gasteiger partial charge in [-0.2, -0.15) is 0 Å². The van der Waals surface area contributed by atoms with Crippen LogP contribution < -0.4 is 5.32 Å². The SMILES string of the molecule is O=C(Nc1nc2c(s1)CCCC2)[C@H]1COCC(=O)N1Cc1cccs1. The van der Waals surface area contributed by atoms with E-state index in [0.29, 0.717) is 11.7 Å². The number of carbonyl (C=O) groups excluding carboxylic acids is 2. The Balaban J connectivity index is 1.48. The maximum Gasteiger partial charge on any atom is 0.251 e. The van der Waals surface area contributed by atoms with E-state index in [4.69, 9.17) is 4.74 Å². The second kappa shape index (κ2) is 7.23. The maximum atomic E-state index is 12.7. The average molecular weight is 377 g/mol. The number of anilines is 1. The highest BCUT2D eigenvalue weighted by Gasteiger charge is 2.34. The van der Waals surface area contributed by atoms with Crippen molar-refractivity contribution >= 4 is 39.6 Å². The van der Waals surface area contributed by atoms with E-state index >= 15 is 0 Å². The summed E-state index contributed by atoms with van der Waals surface area (Å²) < 4.78 is 5.32. The number of amides is 2. The molecule has 0 bridgehead atoms. The van der Waals surface area contributed by atoms with Crippen LogP contribution in [0.1, 0.15) is 28.3 Å². The Labute approximate surface area is 153 Å². The average Bonchev–Trinajstić information content (AvgIpc) is 3.25. The molecule has 6 nitrogen and oxygen atoms in total. The Morgan fingerprint density at radius 2 is 2.28 bits per heavy atom. The molecule has 2 amide bonds. The van der Waals surface area contributed by atoms with Crippen molar-refractivity contribution < 1.29 is 14.3 Å². The first-order valence-corrected chi connectivity index (χ1v) is 10.1. The summed E-state index contributed by atoms with van der Waals surface area (Å²) in [6.07, 6.45) is 4.36. The molecule has 2 aromatic heterocycles. The van der Waals surface area contributed by atoms with Crippen molar-refractivity contribution in [1.82, 2.24) is 9.88 Å². The standard InChI is InChI=1S/C17H19N3O3S2/c21-15-10-23-9-13(20(15)8-11-4-3-7-24-11)16(22)19-17-18-12-5-1-2-6-14(12)25-17/h3-4,7,13H,1-2,5-6,8-10H2,(H,18,19,22)/t13-/m1/s1. The molecule has 25 heavy (non-hydrogen) atoms. The minimum Gasteiger partial charge on any atom is -0.369 e. The van der Waals surface area contributed by atoms with Crippen molar-refractivity contribution in [3.63, 3.8) is 0 Å². The van der Waals surface area contributed by atoms with Gasteiger partial charge in [0.25, 0.3) is 5.91 Å². The quantitative estimate of drug-likeness (QED) is 0.888. The molecule has 1 saturated heterocycles. The van der Waals surface area contributed by atoms with Crippen LogP contribution in [0.4, 0.5) is 5.13 Å². The van der Waals surface area contributed by atoms with Crippen molar-refractivity contribution in [3.05, 3.63) is 33.0 Å². The maximum absolute atomic E-state index is 12.7. The molecule has 0 radical (unpaired) electrons. The van der Waals surface area contributed by atoms with Gasteiger partial charge in [0.1, 0.15) is 12.6 Å². The van der Waals surface area contributed by atoms with Crippen LogP contribution in [0.15, 0.2) is 17.5 Å². The number of thiophene rings is 1. The van der Waals surface area contributed by atoms with Gasteiger partial charge in [-0.3, -0.25) is 9.59 Å². The number of fused-ring (bicyclic) bond motifs is 1. The van der Waals surface area contributed by atoms with Gasteiger partial charge >= 0.3 is 0 Å². The normalized spacial score (nSPS) is 20.4. The third kappa shape index (κ3) is 3.61. The molecule has 2 aliphatic rings. The number of nitrogens with zero attached hydrogens (tertiary/aromatic N) is 2. The van der Waals surface area contributed by atoms with Gasteiger partial charge in [0.15, 0.2) is 5.13 Å². The molecule has 0 spiro atoms. The molecule has 1 fully saturated rings. The van der Waals surface area contributed by atoms with E-state index < -0.39 is 6.04 Å². The molecular formula is C17H19N3O3S2. The third-order valence-corrected chi connectivity index (χ3v) is 6.42. The lowest BCUT2D eigenvalue weighted by atomic mass is 10.0. The molecule has 2 aromatic rings. The topological polar surface area (TPSA) is 71.5 Å². The van der Waals surface area contributed by atoms with E-state index in [2.05, 4.69) is 10.3 Å². The Morgan fingerprint density at radius 1 is 1.40 bits per heavy atom. The molecule has 1 aliphatic carbocycles. The van der Waals surface area contributed by atoms with E-state index in [1.165, 1.54) is 11.3 Å². The first-order chi connectivity index (χ1) is 12.2. The van der Waals surface area contributed by atoms with Gasteiger partial charge in [0, 0.05) is 9.75 Å². The lowest BCUT2D eigenvalue weighted by Gasteiger charge is -2.33. The second-order valence-corrected chi connectivity index (χ2v) is 8.33. The van der Waals surface area contributed by atoms with Crippen LogP contribution in [0.25, 0.3) is 0 Å². The number of carbonyl (C=O) groups is 2. The first-order valence-electron chi connectivity index (χ1n) is 8.40. The van der Waals surface area contributed by atoms with E-state index in [-0.39, 0.29) is 25.0 Å². The van der Waals surface area contributed by atoms with Gasteiger partial charge in [0.2, 0.25) is 5.91 Å². The van der Waals surface area contributed by atoms with Crippen LogP contribution in [0.5, 0.6) is 0 Å². The number of thiazole rings is 1.